The number of nitrogens with one attached hydrogen (secondary N) is 2. The van der Waals surface area contributed by atoms with Gasteiger partial charge in [0, 0.05) is 19.4 Å². The van der Waals surface area contributed by atoms with E-state index in [1.807, 2.05) is 42.5 Å². The summed E-state index contributed by atoms with van der Waals surface area (Å²) in [6, 6.07) is 15.9. The minimum Gasteiger partial charge on any atom is -0.481 e. The SMILES string of the molecule is Cl.O=C(O)CC1CC(CNC(=O)CCCc2nc3ccccc3[nH]2)=CCc2ccccc21. The maximum atomic E-state index is 12.3. The molecule has 3 aromatic rings. The van der Waals surface area contributed by atoms with Crippen molar-refractivity contribution in [2.45, 2.75) is 44.4 Å². The summed E-state index contributed by atoms with van der Waals surface area (Å²) < 4.78 is 0. The topological polar surface area (TPSA) is 95.1 Å². The zero-order chi connectivity index (χ0) is 21.6. The molecule has 1 aromatic heterocycles. The van der Waals surface area contributed by atoms with Crippen molar-refractivity contribution in [3.8, 4) is 0 Å². The summed E-state index contributed by atoms with van der Waals surface area (Å²) in [5, 5.41) is 12.3. The molecule has 6 nitrogen and oxygen atoms in total. The summed E-state index contributed by atoms with van der Waals surface area (Å²) >= 11 is 0. The standard InChI is InChI=1S/C25H27N3O3.ClH/c29-24(11-5-10-23-27-21-8-3-4-9-22(21)28-23)26-16-17-12-13-18-6-1-2-7-20(18)19(14-17)15-25(30)31;/h1-4,6-9,12,19H,5,10-11,13-16H2,(H,26,29)(H,27,28)(H,30,31);1H. The highest BCUT2D eigenvalue weighted by Gasteiger charge is 2.22. The van der Waals surface area contributed by atoms with Gasteiger partial charge in [-0.15, -0.1) is 12.4 Å². The Bertz CT molecular complexity index is 1090. The number of aryl methyl sites for hydroxylation is 1. The molecule has 1 aliphatic rings. The molecule has 7 heteroatoms. The zero-order valence-corrected chi connectivity index (χ0v) is 18.7. The fourth-order valence-electron chi connectivity index (χ4n) is 4.26. The Morgan fingerprint density at radius 3 is 2.72 bits per heavy atom. The second-order valence-corrected chi connectivity index (χ2v) is 8.10. The van der Waals surface area contributed by atoms with Crippen LogP contribution in [0.2, 0.25) is 0 Å². The lowest BCUT2D eigenvalue weighted by Crippen LogP contribution is -2.26. The number of fused-ring (bicyclic) bond motifs is 2. The minimum atomic E-state index is -0.796. The van der Waals surface area contributed by atoms with Gasteiger partial charge in [0.25, 0.3) is 0 Å². The first kappa shape index (κ1) is 23.5. The predicted octanol–water partition coefficient (Wildman–Crippen LogP) is 4.55. The lowest BCUT2D eigenvalue weighted by molar-refractivity contribution is -0.137. The van der Waals surface area contributed by atoms with Crippen LogP contribution in [0.1, 0.15) is 48.6 Å². The second kappa shape index (κ2) is 11.0. The number of aromatic nitrogens is 2. The monoisotopic (exact) mass is 453 g/mol. The first-order chi connectivity index (χ1) is 15.1. The van der Waals surface area contributed by atoms with E-state index in [9.17, 15) is 14.7 Å². The number of aliphatic carboxylic acids is 1. The van der Waals surface area contributed by atoms with Crippen LogP contribution in [0.15, 0.2) is 60.2 Å². The lowest BCUT2D eigenvalue weighted by atomic mass is 9.88. The van der Waals surface area contributed by atoms with Crippen LogP contribution in [0.25, 0.3) is 11.0 Å². The molecule has 0 radical (unpaired) electrons. The smallest absolute Gasteiger partial charge is 0.303 e. The predicted molar refractivity (Wildman–Crippen MR) is 127 cm³/mol. The van der Waals surface area contributed by atoms with Crippen molar-refractivity contribution in [3.63, 3.8) is 0 Å². The molecular formula is C25H28ClN3O3. The number of carboxylic acid groups (broad SMARTS) is 1. The van der Waals surface area contributed by atoms with E-state index < -0.39 is 5.97 Å². The van der Waals surface area contributed by atoms with Crippen molar-refractivity contribution in [2.75, 3.05) is 6.54 Å². The average molecular weight is 454 g/mol. The van der Waals surface area contributed by atoms with Crippen molar-refractivity contribution in [1.82, 2.24) is 15.3 Å². The molecule has 0 spiro atoms. The van der Waals surface area contributed by atoms with E-state index in [0.29, 0.717) is 19.4 Å². The molecule has 1 aliphatic carbocycles. The first-order valence-electron chi connectivity index (χ1n) is 10.8. The third kappa shape index (κ3) is 5.98. The van der Waals surface area contributed by atoms with Crippen molar-refractivity contribution in [2.24, 2.45) is 0 Å². The number of nitrogens with zero attached hydrogens (tertiary/aromatic N) is 1. The number of allylic oxidation sites excluding steroid dienone is 1. The fraction of sp³-hybridized carbons (Fsp3) is 0.320. The number of imidazole rings is 1. The number of aromatic amines is 1. The van der Waals surface area contributed by atoms with Gasteiger partial charge in [0.1, 0.15) is 5.82 Å². The van der Waals surface area contributed by atoms with Gasteiger partial charge < -0.3 is 15.4 Å². The molecule has 32 heavy (non-hydrogen) atoms. The van der Waals surface area contributed by atoms with Crippen LogP contribution < -0.4 is 5.32 Å². The van der Waals surface area contributed by atoms with Crippen LogP contribution >= 0.6 is 12.4 Å². The number of rotatable bonds is 8. The molecule has 1 heterocycles. The summed E-state index contributed by atoms with van der Waals surface area (Å²) in [7, 11) is 0. The average Bonchev–Trinajstić information content (AvgIpc) is 3.09. The van der Waals surface area contributed by atoms with Crippen molar-refractivity contribution in [1.29, 1.82) is 0 Å². The number of hydrogen-bond acceptors (Lipinski definition) is 3. The number of halogens is 1. The molecule has 0 bridgehead atoms. The van der Waals surface area contributed by atoms with E-state index in [1.165, 1.54) is 5.56 Å². The summed E-state index contributed by atoms with van der Waals surface area (Å²) in [5.41, 5.74) is 5.32. The number of amides is 1. The van der Waals surface area contributed by atoms with Gasteiger partial charge in [0.2, 0.25) is 5.91 Å². The molecule has 3 N–H and O–H groups in total. The van der Waals surface area contributed by atoms with Crippen molar-refractivity contribution >= 4 is 35.3 Å². The van der Waals surface area contributed by atoms with Crippen LogP contribution in [0.3, 0.4) is 0 Å². The quantitative estimate of drug-likeness (QED) is 0.436. The third-order valence-corrected chi connectivity index (χ3v) is 5.80. The first-order valence-corrected chi connectivity index (χ1v) is 10.8. The van der Waals surface area contributed by atoms with E-state index in [0.717, 1.165) is 47.3 Å². The summed E-state index contributed by atoms with van der Waals surface area (Å²) in [6.07, 6.45) is 5.53. The lowest BCUT2D eigenvalue weighted by Gasteiger charge is -2.17. The molecule has 1 atom stereocenters. The van der Waals surface area contributed by atoms with Crippen molar-refractivity contribution in [3.05, 3.63) is 77.1 Å². The number of carboxylic acids is 1. The molecule has 0 saturated heterocycles. The van der Waals surface area contributed by atoms with Gasteiger partial charge in [-0.2, -0.15) is 0 Å². The summed E-state index contributed by atoms with van der Waals surface area (Å²) in [5.74, 6) is 0.0476. The summed E-state index contributed by atoms with van der Waals surface area (Å²) in [4.78, 5) is 31.5. The molecule has 4 rings (SSSR count). The van der Waals surface area contributed by atoms with Crippen LogP contribution in [0.5, 0.6) is 0 Å². The summed E-state index contributed by atoms with van der Waals surface area (Å²) in [6.45, 7) is 0.466. The van der Waals surface area contributed by atoms with Crippen LogP contribution in [0, 0.1) is 0 Å². The van der Waals surface area contributed by atoms with Gasteiger partial charge in [-0.25, -0.2) is 4.98 Å². The van der Waals surface area contributed by atoms with E-state index in [1.54, 1.807) is 0 Å². The zero-order valence-electron chi connectivity index (χ0n) is 17.8. The Labute approximate surface area is 193 Å². The van der Waals surface area contributed by atoms with E-state index in [2.05, 4.69) is 27.4 Å². The number of carbonyl (C=O) groups excluding carboxylic acids is 1. The Morgan fingerprint density at radius 2 is 1.91 bits per heavy atom. The highest BCUT2D eigenvalue weighted by molar-refractivity contribution is 5.85. The highest BCUT2D eigenvalue weighted by Crippen LogP contribution is 2.33. The van der Waals surface area contributed by atoms with Crippen LogP contribution in [-0.4, -0.2) is 33.5 Å². The Balaban J connectivity index is 0.00000289. The Hall–Kier alpha value is -3.12. The minimum absolute atomic E-state index is 0. The fourth-order valence-corrected chi connectivity index (χ4v) is 4.26. The van der Waals surface area contributed by atoms with Gasteiger partial charge in [-0.3, -0.25) is 9.59 Å². The van der Waals surface area contributed by atoms with E-state index in [-0.39, 0.29) is 30.7 Å². The number of para-hydroxylation sites is 2. The molecule has 0 fully saturated rings. The largest absolute Gasteiger partial charge is 0.481 e. The van der Waals surface area contributed by atoms with E-state index >= 15 is 0 Å². The molecule has 0 aliphatic heterocycles. The van der Waals surface area contributed by atoms with Gasteiger partial charge in [0.15, 0.2) is 0 Å². The van der Waals surface area contributed by atoms with Gasteiger partial charge in [-0.1, -0.05) is 48.0 Å². The number of H-pyrrole nitrogens is 1. The number of carbonyl (C=O) groups is 2. The number of benzene rings is 2. The highest BCUT2D eigenvalue weighted by atomic mass is 35.5. The van der Waals surface area contributed by atoms with E-state index in [4.69, 9.17) is 0 Å². The normalized spacial score (nSPS) is 15.2. The van der Waals surface area contributed by atoms with Gasteiger partial charge >= 0.3 is 5.97 Å². The van der Waals surface area contributed by atoms with Gasteiger partial charge in [0.05, 0.1) is 17.5 Å². The molecule has 2 aromatic carbocycles. The number of hydrogen-bond donors (Lipinski definition) is 3. The molecule has 1 amide bonds. The maximum Gasteiger partial charge on any atom is 0.303 e. The molecule has 168 valence electrons. The van der Waals surface area contributed by atoms with Crippen LogP contribution in [-0.2, 0) is 22.4 Å². The third-order valence-electron chi connectivity index (χ3n) is 5.80. The Morgan fingerprint density at radius 1 is 1.12 bits per heavy atom. The van der Waals surface area contributed by atoms with Gasteiger partial charge in [-0.05, 0) is 48.4 Å². The molecule has 1 unspecified atom stereocenters. The molecule has 0 saturated carbocycles. The van der Waals surface area contributed by atoms with Crippen LogP contribution in [0.4, 0.5) is 0 Å². The second-order valence-electron chi connectivity index (χ2n) is 8.10. The Kier molecular flexibility index (Phi) is 8.06. The molecular weight excluding hydrogens is 426 g/mol. The maximum absolute atomic E-state index is 12.3. The van der Waals surface area contributed by atoms with Crippen molar-refractivity contribution < 1.29 is 14.7 Å².